The van der Waals surface area contributed by atoms with Crippen LogP contribution in [0.4, 0.5) is 4.79 Å². The van der Waals surface area contributed by atoms with Crippen molar-refractivity contribution in [3.63, 3.8) is 0 Å². The number of aromatic nitrogens is 4. The Kier molecular flexibility index (Phi) is 3.69. The van der Waals surface area contributed by atoms with Gasteiger partial charge in [-0.05, 0) is 16.0 Å². The Hall–Kier alpha value is -2.97. The van der Waals surface area contributed by atoms with Gasteiger partial charge < -0.3 is 16.0 Å². The van der Waals surface area contributed by atoms with Crippen LogP contribution in [0.3, 0.4) is 0 Å². The number of rotatable bonds is 4. The maximum atomic E-state index is 12.6. The fraction of sp³-hybridized carbons (Fsp3) is 0.308. The minimum Gasteiger partial charge on any atom is -0.351 e. The zero-order valence-corrected chi connectivity index (χ0v) is 11.7. The minimum absolute atomic E-state index is 0.109. The van der Waals surface area contributed by atoms with E-state index in [2.05, 4.69) is 20.8 Å². The van der Waals surface area contributed by atoms with Crippen LogP contribution < -0.4 is 11.1 Å². The number of hydrogen-bond donors (Lipinski definition) is 2. The highest BCUT2D eigenvalue weighted by Gasteiger charge is 2.33. The van der Waals surface area contributed by atoms with E-state index in [1.165, 1.54) is 15.9 Å². The molecule has 22 heavy (non-hydrogen) atoms. The maximum Gasteiger partial charge on any atom is 0.314 e. The average Bonchev–Trinajstić information content (AvgIpc) is 2.97. The number of carbonyl (C=O) groups is 2. The molecule has 114 valence electrons. The van der Waals surface area contributed by atoms with E-state index in [9.17, 15) is 9.59 Å². The molecule has 0 bridgehead atoms. The van der Waals surface area contributed by atoms with Gasteiger partial charge in [0.2, 0.25) is 5.91 Å². The molecule has 0 aliphatic carbocycles. The minimum atomic E-state index is -0.654. The summed E-state index contributed by atoms with van der Waals surface area (Å²) in [6, 6.07) is 7.99. The smallest absolute Gasteiger partial charge is 0.314 e. The van der Waals surface area contributed by atoms with Crippen LogP contribution in [-0.4, -0.2) is 56.2 Å². The predicted octanol–water partition coefficient (Wildman–Crippen LogP) is -0.858. The summed E-state index contributed by atoms with van der Waals surface area (Å²) >= 11 is 0. The summed E-state index contributed by atoms with van der Waals surface area (Å²) in [6.45, 7) is 0.830. The first kappa shape index (κ1) is 14.0. The summed E-state index contributed by atoms with van der Waals surface area (Å²) in [5.74, 6) is -0.229. The second kappa shape index (κ2) is 5.80. The molecule has 9 heteroatoms. The highest BCUT2D eigenvalue weighted by atomic mass is 16.2. The van der Waals surface area contributed by atoms with Crippen LogP contribution in [0.1, 0.15) is 11.6 Å². The zero-order chi connectivity index (χ0) is 15.5. The third-order valence-electron chi connectivity index (χ3n) is 3.53. The van der Waals surface area contributed by atoms with E-state index in [4.69, 9.17) is 5.73 Å². The summed E-state index contributed by atoms with van der Waals surface area (Å²) in [4.78, 5) is 25.0. The molecule has 9 nitrogen and oxygen atoms in total. The number of nitrogens with one attached hydrogen (secondary N) is 1. The van der Waals surface area contributed by atoms with E-state index < -0.39 is 12.1 Å². The fourth-order valence-electron chi connectivity index (χ4n) is 2.38. The van der Waals surface area contributed by atoms with Crippen LogP contribution in [0.25, 0.3) is 0 Å². The lowest BCUT2D eigenvalue weighted by Crippen LogP contribution is -2.62. The van der Waals surface area contributed by atoms with E-state index >= 15 is 0 Å². The van der Waals surface area contributed by atoms with Crippen LogP contribution in [0.5, 0.6) is 0 Å². The zero-order valence-electron chi connectivity index (χ0n) is 11.7. The van der Waals surface area contributed by atoms with E-state index in [1.54, 1.807) is 0 Å². The first-order chi connectivity index (χ1) is 10.6. The Balaban J connectivity index is 1.73. The van der Waals surface area contributed by atoms with Crippen LogP contribution in [-0.2, 0) is 4.79 Å². The lowest BCUT2D eigenvalue weighted by molar-refractivity contribution is -0.125. The van der Waals surface area contributed by atoms with Crippen molar-refractivity contribution in [1.82, 2.24) is 30.4 Å². The summed E-state index contributed by atoms with van der Waals surface area (Å²) in [6.07, 6.45) is 1.40. The fourth-order valence-corrected chi connectivity index (χ4v) is 2.38. The van der Waals surface area contributed by atoms with Crippen LogP contribution in [0.15, 0.2) is 36.7 Å². The number of urea groups is 1. The molecule has 3 N–H and O–H groups in total. The molecule has 1 aromatic carbocycles. The molecule has 0 radical (unpaired) electrons. The molecule has 1 atom stereocenters. The molecule has 1 aromatic heterocycles. The highest BCUT2D eigenvalue weighted by Crippen LogP contribution is 2.18. The Morgan fingerprint density at radius 1 is 1.27 bits per heavy atom. The van der Waals surface area contributed by atoms with Gasteiger partial charge in [0, 0.05) is 13.1 Å². The van der Waals surface area contributed by atoms with Crippen molar-refractivity contribution in [2.24, 2.45) is 5.73 Å². The van der Waals surface area contributed by atoms with Gasteiger partial charge in [0.05, 0.1) is 6.04 Å². The summed E-state index contributed by atoms with van der Waals surface area (Å²) in [5, 5.41) is 13.9. The molecule has 0 spiro atoms. The van der Waals surface area contributed by atoms with Gasteiger partial charge in [0.1, 0.15) is 6.33 Å². The lowest BCUT2D eigenvalue weighted by Gasteiger charge is -2.38. The van der Waals surface area contributed by atoms with E-state index in [0.717, 1.165) is 5.56 Å². The summed E-state index contributed by atoms with van der Waals surface area (Å²) in [5.41, 5.74) is 5.94. The second-order valence-corrected chi connectivity index (χ2v) is 5.05. The molecule has 1 unspecified atom stereocenters. The molecule has 1 aliphatic heterocycles. The quantitative estimate of drug-likeness (QED) is 0.761. The number of carbonyl (C=O) groups excluding carboxylic acids is 2. The topological polar surface area (TPSA) is 119 Å². The summed E-state index contributed by atoms with van der Waals surface area (Å²) < 4.78 is 1.40. The van der Waals surface area contributed by atoms with Crippen molar-refractivity contribution in [2.75, 3.05) is 13.1 Å². The van der Waals surface area contributed by atoms with Crippen molar-refractivity contribution in [3.8, 4) is 0 Å². The van der Waals surface area contributed by atoms with Gasteiger partial charge in [0.25, 0.3) is 0 Å². The number of primary amides is 1. The number of likely N-dealkylation sites (tertiary alicyclic amines) is 1. The Morgan fingerprint density at radius 3 is 2.59 bits per heavy atom. The largest absolute Gasteiger partial charge is 0.351 e. The van der Waals surface area contributed by atoms with E-state index in [-0.39, 0.29) is 11.9 Å². The van der Waals surface area contributed by atoms with Crippen molar-refractivity contribution < 1.29 is 9.59 Å². The molecule has 1 aliphatic rings. The third kappa shape index (κ3) is 2.73. The maximum absolute atomic E-state index is 12.6. The predicted molar refractivity (Wildman–Crippen MR) is 75.5 cm³/mol. The molecular formula is C13H15N7O2. The highest BCUT2D eigenvalue weighted by molar-refractivity contribution is 5.84. The number of tetrazole rings is 1. The third-order valence-corrected chi connectivity index (χ3v) is 3.53. The number of benzene rings is 1. The SMILES string of the molecule is NC(=O)N1CC(NC(=O)C(c2ccccc2)n2cnnn2)C1. The van der Waals surface area contributed by atoms with Crippen LogP contribution in [0, 0.1) is 0 Å². The molecular weight excluding hydrogens is 286 g/mol. The van der Waals surface area contributed by atoms with Crippen molar-refractivity contribution in [2.45, 2.75) is 12.1 Å². The van der Waals surface area contributed by atoms with Gasteiger partial charge in [-0.1, -0.05) is 30.3 Å². The summed E-state index contributed by atoms with van der Waals surface area (Å²) in [7, 11) is 0. The van der Waals surface area contributed by atoms with Crippen molar-refractivity contribution in [1.29, 1.82) is 0 Å². The Bertz CT molecular complexity index is 652. The van der Waals surface area contributed by atoms with E-state index in [1.807, 2.05) is 30.3 Å². The molecule has 1 saturated heterocycles. The van der Waals surface area contributed by atoms with E-state index in [0.29, 0.717) is 13.1 Å². The molecule has 3 amide bonds. The molecule has 1 fully saturated rings. The monoisotopic (exact) mass is 301 g/mol. The van der Waals surface area contributed by atoms with Gasteiger partial charge in [0.15, 0.2) is 6.04 Å². The molecule has 2 aromatic rings. The van der Waals surface area contributed by atoms with Gasteiger partial charge >= 0.3 is 6.03 Å². The molecule has 0 saturated carbocycles. The number of nitrogens with zero attached hydrogens (tertiary/aromatic N) is 5. The lowest BCUT2D eigenvalue weighted by atomic mass is 10.0. The second-order valence-electron chi connectivity index (χ2n) is 5.05. The first-order valence-electron chi connectivity index (χ1n) is 6.77. The number of hydrogen-bond acceptors (Lipinski definition) is 5. The van der Waals surface area contributed by atoms with Crippen molar-refractivity contribution >= 4 is 11.9 Å². The Labute approximate surface area is 126 Å². The normalized spacial score (nSPS) is 15.9. The van der Waals surface area contributed by atoms with Gasteiger partial charge in [-0.15, -0.1) is 5.10 Å². The molecule has 2 heterocycles. The van der Waals surface area contributed by atoms with Crippen molar-refractivity contribution in [3.05, 3.63) is 42.2 Å². The standard InChI is InChI=1S/C13H15N7O2/c14-13(22)19-6-10(7-19)16-12(21)11(20-8-15-17-18-20)9-4-2-1-3-5-9/h1-5,8,10-11H,6-7H2,(H2,14,22)(H,16,21). The van der Waals surface area contributed by atoms with Crippen LogP contribution in [0.2, 0.25) is 0 Å². The number of nitrogens with two attached hydrogens (primary N) is 1. The molecule has 3 rings (SSSR count). The van der Waals surface area contributed by atoms with Crippen LogP contribution >= 0.6 is 0 Å². The first-order valence-corrected chi connectivity index (χ1v) is 6.77. The van der Waals surface area contributed by atoms with Gasteiger partial charge in [-0.3, -0.25) is 4.79 Å². The average molecular weight is 301 g/mol. The number of amides is 3. The Morgan fingerprint density at radius 2 is 2.00 bits per heavy atom. The van der Waals surface area contributed by atoms with Gasteiger partial charge in [-0.2, -0.15) is 0 Å². The van der Waals surface area contributed by atoms with Gasteiger partial charge in [-0.25, -0.2) is 9.48 Å².